The predicted molar refractivity (Wildman–Crippen MR) is 143 cm³/mol. The minimum absolute atomic E-state index is 0.243. The lowest BCUT2D eigenvalue weighted by Crippen LogP contribution is -2.30. The normalized spacial score (nSPS) is 10.9. The highest BCUT2D eigenvalue weighted by Crippen LogP contribution is 2.15. The quantitative estimate of drug-likeness (QED) is 0.243. The van der Waals surface area contributed by atoms with Gasteiger partial charge in [-0.2, -0.15) is 0 Å². The predicted octanol–water partition coefficient (Wildman–Crippen LogP) is 0.925. The third-order valence-corrected chi connectivity index (χ3v) is 5.84. The Morgan fingerprint density at radius 1 is 0.725 bits per heavy atom. The number of hydrogen-bond acceptors (Lipinski definition) is 9. The third-order valence-electron chi connectivity index (χ3n) is 5.84. The Kier molecular flexibility index (Phi) is 8.13. The van der Waals surface area contributed by atoms with Gasteiger partial charge < -0.3 is 9.47 Å². The lowest BCUT2D eigenvalue weighted by molar-refractivity contribution is 0.0454. The Balaban J connectivity index is 1.32. The molecular weight excluding hydrogens is 522 g/mol. The summed E-state index contributed by atoms with van der Waals surface area (Å²) in [5.74, 6) is -1.26. The van der Waals surface area contributed by atoms with E-state index < -0.39 is 34.4 Å². The van der Waals surface area contributed by atoms with Crippen molar-refractivity contribution in [3.8, 4) is 0 Å². The summed E-state index contributed by atoms with van der Waals surface area (Å²) in [5.41, 5.74) is -0.0792. The number of aromatic nitrogens is 4. The smallest absolute Gasteiger partial charge is 0.338 e. The summed E-state index contributed by atoms with van der Waals surface area (Å²) >= 11 is 0. The van der Waals surface area contributed by atoms with Gasteiger partial charge in [-0.25, -0.2) is 19.2 Å². The second kappa shape index (κ2) is 11.9. The van der Waals surface area contributed by atoms with E-state index in [4.69, 9.17) is 9.47 Å². The SMILES string of the molecule is Cn1c(COC(=O)c2ccc(C=Nc3ccc(C(=O)OCc4cc(=O)[nH]c(=O)n4C)cc3)cc2)cc(=O)[nH]c1=O. The standard InChI is InChI=1S/C27H23N5O8/c1-31-20(11-22(33)29-26(31)37)14-39-24(35)17-5-3-16(4-6-17)13-28-19-9-7-18(8-10-19)25(36)40-15-21-12-23(34)30-27(38)32(21)2/h3-13H,14-15H2,1-2H3,(H,29,33,37)(H,30,34,38). The van der Waals surface area contributed by atoms with Crippen molar-refractivity contribution in [2.75, 3.05) is 0 Å². The van der Waals surface area contributed by atoms with E-state index in [0.29, 0.717) is 11.3 Å². The summed E-state index contributed by atoms with van der Waals surface area (Å²) in [6.45, 7) is -0.489. The number of H-pyrrole nitrogens is 2. The van der Waals surface area contributed by atoms with Crippen molar-refractivity contribution < 1.29 is 19.1 Å². The van der Waals surface area contributed by atoms with Crippen LogP contribution in [0.1, 0.15) is 37.7 Å². The van der Waals surface area contributed by atoms with Gasteiger partial charge in [0.1, 0.15) is 13.2 Å². The first-order valence-electron chi connectivity index (χ1n) is 11.8. The molecule has 13 heteroatoms. The zero-order chi connectivity index (χ0) is 28.8. The average Bonchev–Trinajstić information content (AvgIpc) is 2.94. The monoisotopic (exact) mass is 545 g/mol. The molecule has 4 aromatic rings. The van der Waals surface area contributed by atoms with Crippen molar-refractivity contribution >= 4 is 23.8 Å². The number of carbonyl (C=O) groups is 2. The van der Waals surface area contributed by atoms with Gasteiger partial charge in [0.15, 0.2) is 0 Å². The van der Waals surface area contributed by atoms with E-state index in [1.54, 1.807) is 42.6 Å². The Morgan fingerprint density at radius 3 is 1.60 bits per heavy atom. The molecule has 0 aliphatic heterocycles. The summed E-state index contributed by atoms with van der Waals surface area (Å²) < 4.78 is 12.8. The lowest BCUT2D eigenvalue weighted by Gasteiger charge is -2.08. The zero-order valence-corrected chi connectivity index (χ0v) is 21.4. The fraction of sp³-hybridized carbons (Fsp3) is 0.148. The largest absolute Gasteiger partial charge is 0.456 e. The number of esters is 2. The maximum atomic E-state index is 12.4. The highest BCUT2D eigenvalue weighted by Gasteiger charge is 2.11. The van der Waals surface area contributed by atoms with Gasteiger partial charge in [-0.1, -0.05) is 12.1 Å². The molecule has 0 aliphatic carbocycles. The average molecular weight is 546 g/mol. The van der Waals surface area contributed by atoms with Crippen LogP contribution in [0.25, 0.3) is 0 Å². The molecule has 0 unspecified atom stereocenters. The molecule has 13 nitrogen and oxygen atoms in total. The number of ether oxygens (including phenoxy) is 2. The number of nitrogens with one attached hydrogen (secondary N) is 2. The fourth-order valence-electron chi connectivity index (χ4n) is 3.47. The molecule has 2 heterocycles. The number of aromatic amines is 2. The van der Waals surface area contributed by atoms with Gasteiger partial charge >= 0.3 is 23.3 Å². The van der Waals surface area contributed by atoms with E-state index in [9.17, 15) is 28.8 Å². The molecule has 0 amide bonds. The molecule has 0 saturated carbocycles. The molecule has 4 rings (SSSR count). The van der Waals surface area contributed by atoms with Gasteiger partial charge in [-0.05, 0) is 42.0 Å². The Bertz CT molecular complexity index is 1690. The number of aliphatic imine (C=N–C) groups is 1. The molecule has 0 saturated heterocycles. The van der Waals surface area contributed by atoms with Crippen LogP contribution in [0.4, 0.5) is 5.69 Å². The van der Waals surface area contributed by atoms with Gasteiger partial charge in [0.05, 0.1) is 28.2 Å². The molecule has 40 heavy (non-hydrogen) atoms. The van der Waals surface area contributed by atoms with E-state index in [-0.39, 0.29) is 35.7 Å². The molecule has 204 valence electrons. The van der Waals surface area contributed by atoms with E-state index in [0.717, 1.165) is 0 Å². The highest BCUT2D eigenvalue weighted by atomic mass is 16.5. The molecule has 0 radical (unpaired) electrons. The maximum absolute atomic E-state index is 12.4. The molecule has 0 aliphatic rings. The third kappa shape index (κ3) is 6.64. The number of benzene rings is 2. The first-order valence-corrected chi connectivity index (χ1v) is 11.8. The lowest BCUT2D eigenvalue weighted by atomic mass is 10.1. The van der Waals surface area contributed by atoms with Gasteiger partial charge in [-0.3, -0.25) is 33.7 Å². The molecule has 0 atom stereocenters. The second-order valence-electron chi connectivity index (χ2n) is 8.56. The zero-order valence-electron chi connectivity index (χ0n) is 21.4. The van der Waals surface area contributed by atoms with Crippen molar-refractivity contribution in [3.63, 3.8) is 0 Å². The molecule has 0 spiro atoms. The fourth-order valence-corrected chi connectivity index (χ4v) is 3.47. The van der Waals surface area contributed by atoms with Crippen LogP contribution in [0.3, 0.4) is 0 Å². The Labute approximate surface area is 225 Å². The van der Waals surface area contributed by atoms with Crippen molar-refractivity contribution in [2.45, 2.75) is 13.2 Å². The van der Waals surface area contributed by atoms with E-state index in [1.165, 1.54) is 47.5 Å². The van der Waals surface area contributed by atoms with Crippen LogP contribution in [0, 0.1) is 0 Å². The van der Waals surface area contributed by atoms with Crippen LogP contribution in [0.5, 0.6) is 0 Å². The summed E-state index contributed by atoms with van der Waals surface area (Å²) in [7, 11) is 2.91. The molecular formula is C27H23N5O8. The van der Waals surface area contributed by atoms with Gasteiger partial charge in [0, 0.05) is 32.4 Å². The Morgan fingerprint density at radius 2 is 1.15 bits per heavy atom. The summed E-state index contributed by atoms with van der Waals surface area (Å²) in [6.07, 6.45) is 1.57. The van der Waals surface area contributed by atoms with Crippen molar-refractivity contribution in [1.29, 1.82) is 0 Å². The van der Waals surface area contributed by atoms with Crippen LogP contribution in [0.15, 0.2) is 84.8 Å². The topological polar surface area (TPSA) is 175 Å². The number of carbonyl (C=O) groups excluding carboxylic acids is 2. The minimum atomic E-state index is -0.632. The second-order valence-corrected chi connectivity index (χ2v) is 8.56. The van der Waals surface area contributed by atoms with Crippen LogP contribution in [-0.2, 0) is 36.8 Å². The summed E-state index contributed by atoms with van der Waals surface area (Å²) in [4.78, 5) is 79.5. The minimum Gasteiger partial charge on any atom is -0.456 e. The van der Waals surface area contributed by atoms with E-state index in [1.807, 2.05) is 0 Å². The van der Waals surface area contributed by atoms with Crippen molar-refractivity contribution in [1.82, 2.24) is 19.1 Å². The van der Waals surface area contributed by atoms with Gasteiger partial charge in [0.2, 0.25) is 0 Å². The molecule has 2 aromatic heterocycles. The van der Waals surface area contributed by atoms with Crippen molar-refractivity contribution in [3.05, 3.63) is 130 Å². The number of nitrogens with zero attached hydrogens (tertiary/aromatic N) is 3. The van der Waals surface area contributed by atoms with E-state index >= 15 is 0 Å². The summed E-state index contributed by atoms with van der Waals surface area (Å²) in [6, 6.07) is 15.1. The molecule has 2 N–H and O–H groups in total. The first-order chi connectivity index (χ1) is 19.1. The van der Waals surface area contributed by atoms with Crippen LogP contribution in [-0.4, -0.2) is 37.3 Å². The van der Waals surface area contributed by atoms with Crippen LogP contribution < -0.4 is 22.5 Å². The number of rotatable bonds is 8. The van der Waals surface area contributed by atoms with Crippen LogP contribution in [0.2, 0.25) is 0 Å². The van der Waals surface area contributed by atoms with Gasteiger partial charge in [0.25, 0.3) is 11.1 Å². The summed E-state index contributed by atoms with van der Waals surface area (Å²) in [5, 5.41) is 0. The molecule has 0 bridgehead atoms. The highest BCUT2D eigenvalue weighted by molar-refractivity contribution is 5.91. The molecule has 0 fully saturated rings. The number of hydrogen-bond donors (Lipinski definition) is 2. The van der Waals surface area contributed by atoms with Gasteiger partial charge in [-0.15, -0.1) is 0 Å². The Hall–Kier alpha value is -5.59. The molecule has 2 aromatic carbocycles. The van der Waals surface area contributed by atoms with Crippen LogP contribution >= 0.6 is 0 Å². The first kappa shape index (κ1) is 27.4. The van der Waals surface area contributed by atoms with Crippen molar-refractivity contribution in [2.24, 2.45) is 19.1 Å². The van der Waals surface area contributed by atoms with E-state index in [2.05, 4.69) is 15.0 Å². The maximum Gasteiger partial charge on any atom is 0.338 e.